The third-order valence-electron chi connectivity index (χ3n) is 9.14. The lowest BCUT2D eigenvalue weighted by molar-refractivity contribution is -0.212. The predicted octanol–water partition coefficient (Wildman–Crippen LogP) is 3.70. The highest BCUT2D eigenvalue weighted by Crippen LogP contribution is 2.50. The number of hydrogen-bond acceptors (Lipinski definition) is 14. The van der Waals surface area contributed by atoms with Gasteiger partial charge in [-0.2, -0.15) is 0 Å². The normalized spacial score (nSPS) is 23.9. The fraction of sp³-hybridized carbons (Fsp3) is 0.559. The van der Waals surface area contributed by atoms with Gasteiger partial charge in [-0.3, -0.25) is 24.4 Å². The summed E-state index contributed by atoms with van der Waals surface area (Å²) in [6.07, 6.45) is -1.87. The van der Waals surface area contributed by atoms with Crippen molar-refractivity contribution in [3.63, 3.8) is 0 Å². The van der Waals surface area contributed by atoms with Crippen molar-refractivity contribution in [3.05, 3.63) is 58.6 Å². The first-order valence-electron chi connectivity index (χ1n) is 16.6. The van der Waals surface area contributed by atoms with Crippen LogP contribution in [0.15, 0.2) is 18.3 Å². The first-order chi connectivity index (χ1) is 24.5. The van der Waals surface area contributed by atoms with E-state index >= 15 is 0 Å². The molecule has 2 aliphatic heterocycles. The number of carbonyl (C=O) groups excluding carboxylic acids is 3. The summed E-state index contributed by atoms with van der Waals surface area (Å²) in [4.78, 5) is 48.9. The van der Waals surface area contributed by atoms with E-state index in [0.717, 1.165) is 30.8 Å². The number of likely N-dealkylation sites (tertiary alicyclic amines) is 1. The van der Waals surface area contributed by atoms with Crippen LogP contribution >= 0.6 is 11.8 Å². The number of aliphatic hydroxyl groups is 1. The van der Waals surface area contributed by atoms with Crippen molar-refractivity contribution in [3.8, 4) is 11.3 Å². The van der Waals surface area contributed by atoms with E-state index in [1.54, 1.807) is 13.8 Å². The fourth-order valence-corrected chi connectivity index (χ4v) is 8.07. The molecule has 2 saturated heterocycles. The van der Waals surface area contributed by atoms with Crippen molar-refractivity contribution in [2.24, 2.45) is 0 Å². The number of benzene rings is 1. The Hall–Kier alpha value is -4.13. The van der Waals surface area contributed by atoms with Crippen molar-refractivity contribution >= 4 is 29.7 Å². The molecular weight excluding hydrogens is 709 g/mol. The summed E-state index contributed by atoms with van der Waals surface area (Å²) in [7, 11) is 1.95. The van der Waals surface area contributed by atoms with Crippen LogP contribution in [0.2, 0.25) is 0 Å². The van der Waals surface area contributed by atoms with Gasteiger partial charge in [0.25, 0.3) is 0 Å². The molecule has 4 heterocycles. The van der Waals surface area contributed by atoms with E-state index in [1.165, 1.54) is 24.7 Å². The molecule has 1 N–H and O–H groups in total. The molecule has 3 aromatic rings. The molecule has 0 radical (unpaired) electrons. The Kier molecular flexibility index (Phi) is 11.9. The van der Waals surface area contributed by atoms with Gasteiger partial charge < -0.3 is 29.0 Å². The number of ether oxygens (including phenoxy) is 4. The highest BCUT2D eigenvalue weighted by molar-refractivity contribution is 8.00. The van der Waals surface area contributed by atoms with E-state index in [9.17, 15) is 32.7 Å². The van der Waals surface area contributed by atoms with Gasteiger partial charge in [0.05, 0.1) is 39.8 Å². The van der Waals surface area contributed by atoms with Gasteiger partial charge in [0.15, 0.2) is 29.7 Å². The molecule has 14 nitrogen and oxygen atoms in total. The molecule has 0 amide bonds. The third-order valence-corrected chi connectivity index (χ3v) is 10.7. The van der Waals surface area contributed by atoms with Crippen LogP contribution in [0.4, 0.5) is 13.2 Å². The van der Waals surface area contributed by atoms with Crippen LogP contribution in [-0.2, 0) is 33.3 Å². The first kappa shape index (κ1) is 39.1. The lowest BCUT2D eigenvalue weighted by Gasteiger charge is -2.47. The van der Waals surface area contributed by atoms with Crippen molar-refractivity contribution in [1.82, 2.24) is 29.9 Å². The Morgan fingerprint density at radius 2 is 1.56 bits per heavy atom. The summed E-state index contributed by atoms with van der Waals surface area (Å²) in [5.41, 5.74) is -0.332. The fourth-order valence-electron chi connectivity index (χ4n) is 6.38. The molecule has 2 fully saturated rings. The highest BCUT2D eigenvalue weighted by Gasteiger charge is 2.54. The molecule has 0 saturated carbocycles. The number of aromatic nitrogens is 5. The van der Waals surface area contributed by atoms with Crippen molar-refractivity contribution in [1.29, 1.82) is 0 Å². The number of piperidine rings is 1. The minimum atomic E-state index is -1.66. The first-order valence-corrected chi connectivity index (χ1v) is 17.5. The topological polar surface area (TPSA) is 168 Å². The maximum absolute atomic E-state index is 14.2. The molecule has 5 rings (SSSR count). The van der Waals surface area contributed by atoms with Crippen LogP contribution in [0.25, 0.3) is 11.3 Å². The van der Waals surface area contributed by atoms with Crippen LogP contribution < -0.4 is 0 Å². The molecule has 0 spiro atoms. The summed E-state index contributed by atoms with van der Waals surface area (Å²) in [6, 6.07) is 0.244. The number of nitrogens with zero attached hydrogens (tertiary/aromatic N) is 6. The second kappa shape index (κ2) is 15.9. The Labute approximate surface area is 302 Å². The summed E-state index contributed by atoms with van der Waals surface area (Å²) in [5, 5.41) is 19.7. The maximum Gasteiger partial charge on any atom is 0.303 e. The second-order valence-electron chi connectivity index (χ2n) is 13.1. The molecule has 1 aromatic carbocycles. The van der Waals surface area contributed by atoms with E-state index < -0.39 is 82.6 Å². The molecule has 2 aliphatic rings. The number of rotatable bonds is 10. The minimum Gasteiger partial charge on any atom is -0.463 e. The van der Waals surface area contributed by atoms with Gasteiger partial charge in [0, 0.05) is 39.4 Å². The Bertz CT molecular complexity index is 1800. The number of carbonyl (C=O) groups is 3. The average molecular weight is 751 g/mol. The smallest absolute Gasteiger partial charge is 0.303 e. The Morgan fingerprint density at radius 1 is 0.962 bits per heavy atom. The van der Waals surface area contributed by atoms with Crippen molar-refractivity contribution in [2.45, 2.75) is 95.0 Å². The predicted molar refractivity (Wildman–Crippen MR) is 179 cm³/mol. The van der Waals surface area contributed by atoms with Crippen LogP contribution in [0.1, 0.15) is 67.7 Å². The average Bonchev–Trinajstić information content (AvgIpc) is 3.55. The number of halogens is 3. The van der Waals surface area contributed by atoms with E-state index in [-0.39, 0.29) is 11.3 Å². The van der Waals surface area contributed by atoms with Gasteiger partial charge >= 0.3 is 17.9 Å². The van der Waals surface area contributed by atoms with Gasteiger partial charge in [0.2, 0.25) is 0 Å². The standard InChI is InChI=1S/C34H41F3N6O8S/c1-16-17(2)39-28(18(3)38-16)32(34(47)8-10-42(7)11-9-34)52-33-31(50-21(6)46)29(30(49-20(5)45)26(51-33)15-48-19(4)44)43-14-25(40-41-43)22-12-23(35)27(37)24(36)13-22/h12-14,26,29-33,47H,8-11,15H2,1-7H3/t26-,29+,30+,31-,32?,33+/m1/s1. The quantitative estimate of drug-likeness (QED) is 0.181. The number of aryl methyl sites for hydroxylation is 3. The number of hydrogen-bond donors (Lipinski definition) is 1. The van der Waals surface area contributed by atoms with Gasteiger partial charge in [-0.05, 0) is 52.8 Å². The molecule has 2 aromatic heterocycles. The largest absolute Gasteiger partial charge is 0.463 e. The second-order valence-corrected chi connectivity index (χ2v) is 14.3. The van der Waals surface area contributed by atoms with Crippen molar-refractivity contribution in [2.75, 3.05) is 26.7 Å². The molecule has 1 unspecified atom stereocenters. The summed E-state index contributed by atoms with van der Waals surface area (Å²) < 4.78 is 66.9. The number of thioether (sulfide) groups is 1. The number of esters is 3. The minimum absolute atomic E-state index is 0.0901. The highest BCUT2D eigenvalue weighted by atomic mass is 32.2. The SMILES string of the molecule is CC(=O)OC[C@H]1O[C@@H](SC(c2nc(C)c(C)nc2C)C2(O)CCN(C)CC2)[C@H](OC(C)=O)[C@@H](n2cc(-c3cc(F)c(F)c(F)c3)nn2)[C@H]1OC(C)=O. The molecule has 282 valence electrons. The Morgan fingerprint density at radius 3 is 2.15 bits per heavy atom. The Balaban J connectivity index is 1.66. The van der Waals surface area contributed by atoms with Crippen LogP contribution in [0.3, 0.4) is 0 Å². The zero-order valence-electron chi connectivity index (χ0n) is 29.8. The lowest BCUT2D eigenvalue weighted by atomic mass is 9.86. The van der Waals surface area contributed by atoms with Crippen LogP contribution in [0, 0.1) is 38.2 Å². The van der Waals surface area contributed by atoms with Crippen LogP contribution in [0.5, 0.6) is 0 Å². The zero-order valence-corrected chi connectivity index (χ0v) is 30.6. The van der Waals surface area contributed by atoms with E-state index in [4.69, 9.17) is 23.9 Å². The lowest BCUT2D eigenvalue weighted by Crippen LogP contribution is -2.58. The monoisotopic (exact) mass is 750 g/mol. The molecule has 52 heavy (non-hydrogen) atoms. The zero-order chi connectivity index (χ0) is 38.1. The molecule has 0 bridgehead atoms. The summed E-state index contributed by atoms with van der Waals surface area (Å²) in [6.45, 7) is 9.65. The van der Waals surface area contributed by atoms with Gasteiger partial charge in [0.1, 0.15) is 29.9 Å². The molecule has 18 heteroatoms. The van der Waals surface area contributed by atoms with Gasteiger partial charge in [-0.15, -0.1) is 16.9 Å². The summed E-state index contributed by atoms with van der Waals surface area (Å²) >= 11 is 1.12. The van der Waals surface area contributed by atoms with E-state index in [2.05, 4.69) is 20.2 Å². The van der Waals surface area contributed by atoms with Gasteiger partial charge in [-0.25, -0.2) is 17.9 Å². The molecule has 6 atom stereocenters. The molecule has 0 aliphatic carbocycles. The van der Waals surface area contributed by atoms with Gasteiger partial charge in [-0.1, -0.05) is 5.21 Å². The molecular formula is C34H41F3N6O8S. The van der Waals surface area contributed by atoms with Crippen molar-refractivity contribution < 1.29 is 51.6 Å². The van der Waals surface area contributed by atoms with Crippen LogP contribution in [-0.4, -0.2) is 109 Å². The maximum atomic E-state index is 14.2. The summed E-state index contributed by atoms with van der Waals surface area (Å²) in [5.74, 6) is -6.73. The third kappa shape index (κ3) is 8.56. The van der Waals surface area contributed by atoms with E-state index in [0.29, 0.717) is 48.7 Å². The van der Waals surface area contributed by atoms with E-state index in [1.807, 2.05) is 14.0 Å².